The zero-order valence-corrected chi connectivity index (χ0v) is 15.1. The first-order chi connectivity index (χ1) is 13.9. The third-order valence-corrected chi connectivity index (χ3v) is 6.08. The molecule has 2 heterocycles. The van der Waals surface area contributed by atoms with Crippen LogP contribution in [0, 0.1) is 0 Å². The van der Waals surface area contributed by atoms with E-state index in [0.717, 1.165) is 0 Å². The van der Waals surface area contributed by atoms with Crippen LogP contribution in [0.4, 0.5) is 0 Å². The maximum absolute atomic E-state index is 3.70. The van der Waals surface area contributed by atoms with E-state index in [1.54, 1.807) is 0 Å². The number of nitrogens with zero attached hydrogens (tertiary/aromatic N) is 1. The van der Waals surface area contributed by atoms with Crippen LogP contribution in [0.25, 0.3) is 60.1 Å². The molecule has 7 aromatic rings. The van der Waals surface area contributed by atoms with Crippen LogP contribution in [-0.2, 0) is 0 Å². The topological polar surface area (TPSA) is 20.7 Å². The van der Waals surface area contributed by atoms with E-state index in [0.29, 0.717) is 0 Å². The van der Waals surface area contributed by atoms with Gasteiger partial charge in [0.05, 0.1) is 16.6 Å². The van der Waals surface area contributed by atoms with Gasteiger partial charge in [-0.15, -0.1) is 0 Å². The molecule has 0 atom stereocenters. The maximum Gasteiger partial charge on any atom is 0.0551 e. The molecule has 5 aromatic carbocycles. The predicted molar refractivity (Wildman–Crippen MR) is 119 cm³/mol. The second-order valence-corrected chi connectivity index (χ2v) is 7.49. The van der Waals surface area contributed by atoms with Crippen molar-refractivity contribution in [1.82, 2.24) is 9.55 Å². The molecule has 0 radical (unpaired) electrons. The summed E-state index contributed by atoms with van der Waals surface area (Å²) in [5, 5.41) is 7.93. The number of para-hydroxylation sites is 2. The number of H-pyrrole nitrogens is 1. The third-order valence-electron chi connectivity index (χ3n) is 6.08. The van der Waals surface area contributed by atoms with E-state index in [9.17, 15) is 0 Å². The van der Waals surface area contributed by atoms with E-state index < -0.39 is 0 Å². The van der Waals surface area contributed by atoms with Crippen LogP contribution in [0.2, 0.25) is 0 Å². The van der Waals surface area contributed by atoms with Gasteiger partial charge in [0.1, 0.15) is 0 Å². The summed E-state index contributed by atoms with van der Waals surface area (Å²) in [7, 11) is 0. The largest absolute Gasteiger partial charge is 0.354 e. The lowest BCUT2D eigenvalue weighted by atomic mass is 9.97. The first-order valence-corrected chi connectivity index (χ1v) is 9.65. The number of nitrogens with one attached hydrogen (secondary N) is 1. The van der Waals surface area contributed by atoms with Gasteiger partial charge in [0, 0.05) is 38.1 Å². The van der Waals surface area contributed by atoms with Crippen molar-refractivity contribution in [3.05, 3.63) is 91.0 Å². The fourth-order valence-corrected chi connectivity index (χ4v) is 5.00. The summed E-state index contributed by atoms with van der Waals surface area (Å²) in [4.78, 5) is 3.70. The SMILES string of the molecule is c1ccc(-n2c3cccc4c5[nH]c6ccccc6c5c5cccc2c5c43)cc1. The van der Waals surface area contributed by atoms with E-state index >= 15 is 0 Å². The molecule has 7 rings (SSSR count). The molecule has 28 heavy (non-hydrogen) atoms. The van der Waals surface area contributed by atoms with Crippen LogP contribution in [0.5, 0.6) is 0 Å². The second-order valence-electron chi connectivity index (χ2n) is 7.49. The minimum Gasteiger partial charge on any atom is -0.354 e. The number of hydrogen-bond donors (Lipinski definition) is 1. The molecule has 0 aliphatic carbocycles. The van der Waals surface area contributed by atoms with Gasteiger partial charge in [-0.05, 0) is 35.7 Å². The average Bonchev–Trinajstić information content (AvgIpc) is 3.31. The van der Waals surface area contributed by atoms with E-state index in [1.165, 1.54) is 60.1 Å². The minimum atomic E-state index is 1.20. The van der Waals surface area contributed by atoms with Crippen LogP contribution in [0.15, 0.2) is 91.0 Å². The fourth-order valence-electron chi connectivity index (χ4n) is 5.00. The van der Waals surface area contributed by atoms with Crippen molar-refractivity contribution in [2.24, 2.45) is 0 Å². The Labute approximate surface area is 161 Å². The third kappa shape index (κ3) is 1.59. The van der Waals surface area contributed by atoms with Gasteiger partial charge in [-0.3, -0.25) is 0 Å². The van der Waals surface area contributed by atoms with Crippen molar-refractivity contribution >= 4 is 54.4 Å². The molecular weight excluding hydrogens is 340 g/mol. The molecule has 2 heteroatoms. The standard InChI is InChI=1S/C26H16N2/c1-2-8-16(9-3-1)28-21-14-6-11-18-23-17-10-4-5-13-20(17)27-26(23)19-12-7-15-22(28)25(19)24(18)21/h1-15,27H. The van der Waals surface area contributed by atoms with E-state index in [2.05, 4.69) is 101 Å². The van der Waals surface area contributed by atoms with E-state index in [1.807, 2.05) is 0 Å². The van der Waals surface area contributed by atoms with Crippen molar-refractivity contribution in [2.45, 2.75) is 0 Å². The minimum absolute atomic E-state index is 1.20. The van der Waals surface area contributed by atoms with Gasteiger partial charge in [0.15, 0.2) is 0 Å². The number of rotatable bonds is 1. The molecule has 0 spiro atoms. The molecule has 2 aromatic heterocycles. The van der Waals surface area contributed by atoms with Crippen LogP contribution in [-0.4, -0.2) is 9.55 Å². The smallest absolute Gasteiger partial charge is 0.0551 e. The van der Waals surface area contributed by atoms with Crippen molar-refractivity contribution < 1.29 is 0 Å². The Morgan fingerprint density at radius 3 is 1.96 bits per heavy atom. The maximum atomic E-state index is 3.70. The fraction of sp³-hybridized carbons (Fsp3) is 0. The van der Waals surface area contributed by atoms with Crippen LogP contribution < -0.4 is 0 Å². The molecule has 0 bridgehead atoms. The summed E-state index contributed by atoms with van der Waals surface area (Å²) in [5.74, 6) is 0. The summed E-state index contributed by atoms with van der Waals surface area (Å²) in [6.45, 7) is 0. The van der Waals surface area contributed by atoms with Crippen LogP contribution in [0.3, 0.4) is 0 Å². The van der Waals surface area contributed by atoms with Gasteiger partial charge >= 0.3 is 0 Å². The van der Waals surface area contributed by atoms with Crippen LogP contribution >= 0.6 is 0 Å². The molecule has 2 nitrogen and oxygen atoms in total. The Morgan fingerprint density at radius 1 is 0.500 bits per heavy atom. The quantitative estimate of drug-likeness (QED) is 0.305. The number of benzene rings is 5. The van der Waals surface area contributed by atoms with Gasteiger partial charge in [0.25, 0.3) is 0 Å². The number of aromatic nitrogens is 2. The summed E-state index contributed by atoms with van der Waals surface area (Å²) in [6.07, 6.45) is 0. The summed E-state index contributed by atoms with van der Waals surface area (Å²) >= 11 is 0. The van der Waals surface area contributed by atoms with Crippen molar-refractivity contribution in [3.8, 4) is 5.69 Å². The molecular formula is C26H16N2. The highest BCUT2D eigenvalue weighted by atomic mass is 15.0. The average molecular weight is 356 g/mol. The van der Waals surface area contributed by atoms with Gasteiger partial charge in [-0.2, -0.15) is 0 Å². The monoisotopic (exact) mass is 356 g/mol. The van der Waals surface area contributed by atoms with Crippen molar-refractivity contribution in [3.63, 3.8) is 0 Å². The van der Waals surface area contributed by atoms with Crippen LogP contribution in [0.1, 0.15) is 0 Å². The molecule has 0 aliphatic rings. The molecule has 0 amide bonds. The molecule has 0 unspecified atom stereocenters. The Balaban J connectivity index is 1.85. The Morgan fingerprint density at radius 2 is 1.14 bits per heavy atom. The van der Waals surface area contributed by atoms with Gasteiger partial charge in [0.2, 0.25) is 0 Å². The normalized spacial score (nSPS) is 12.3. The number of aromatic amines is 1. The lowest BCUT2D eigenvalue weighted by Crippen LogP contribution is -1.92. The van der Waals surface area contributed by atoms with Crippen molar-refractivity contribution in [2.75, 3.05) is 0 Å². The lowest BCUT2D eigenvalue weighted by molar-refractivity contribution is 1.18. The van der Waals surface area contributed by atoms with Gasteiger partial charge < -0.3 is 9.55 Å². The zero-order chi connectivity index (χ0) is 18.2. The first kappa shape index (κ1) is 14.3. The highest BCUT2D eigenvalue weighted by Gasteiger charge is 2.21. The predicted octanol–water partition coefficient (Wildman–Crippen LogP) is 7.01. The Hall–Kier alpha value is -3.78. The molecule has 0 fully saturated rings. The van der Waals surface area contributed by atoms with E-state index in [4.69, 9.17) is 0 Å². The molecule has 0 saturated carbocycles. The summed E-state index contributed by atoms with van der Waals surface area (Å²) in [5.41, 5.74) is 6.16. The Kier molecular flexibility index (Phi) is 2.52. The summed E-state index contributed by atoms with van der Waals surface area (Å²) in [6, 6.07) is 32.6. The van der Waals surface area contributed by atoms with Gasteiger partial charge in [-0.25, -0.2) is 0 Å². The van der Waals surface area contributed by atoms with Gasteiger partial charge in [-0.1, -0.05) is 60.7 Å². The Bertz CT molecular complexity index is 1650. The lowest BCUT2D eigenvalue weighted by Gasteiger charge is -2.07. The second kappa shape index (κ2) is 4.93. The number of hydrogen-bond acceptors (Lipinski definition) is 0. The highest BCUT2D eigenvalue weighted by molar-refractivity contribution is 6.37. The highest BCUT2D eigenvalue weighted by Crippen LogP contribution is 2.45. The summed E-state index contributed by atoms with van der Waals surface area (Å²) < 4.78 is 2.39. The number of fused-ring (bicyclic) bond motifs is 5. The molecule has 0 saturated heterocycles. The zero-order valence-electron chi connectivity index (χ0n) is 15.1. The van der Waals surface area contributed by atoms with Crippen molar-refractivity contribution in [1.29, 1.82) is 0 Å². The molecule has 1 N–H and O–H groups in total. The first-order valence-electron chi connectivity index (χ1n) is 9.65. The molecule has 0 aliphatic heterocycles. The molecule has 130 valence electrons. The van der Waals surface area contributed by atoms with E-state index in [-0.39, 0.29) is 0 Å².